The smallest absolute Gasteiger partial charge is 0.0449 e. The normalized spacial score (nSPS) is 13.3. The molecule has 0 atom stereocenters. The molecule has 0 radical (unpaired) electrons. The summed E-state index contributed by atoms with van der Waals surface area (Å²) >= 11 is 10.7. The third-order valence-electron chi connectivity index (χ3n) is 4.46. The Morgan fingerprint density at radius 1 is 0.875 bits per heavy atom. The van der Waals surface area contributed by atoms with Gasteiger partial charge in [0, 0.05) is 44.0 Å². The lowest BCUT2D eigenvalue weighted by atomic mass is 10.3. The van der Waals surface area contributed by atoms with Gasteiger partial charge >= 0.3 is 0 Å². The van der Waals surface area contributed by atoms with Gasteiger partial charge in [0.05, 0.1) is 0 Å². The summed E-state index contributed by atoms with van der Waals surface area (Å²) in [5, 5.41) is 2.13. The molecule has 0 aromatic carbocycles. The minimum absolute atomic E-state index is 1.09. The quantitative estimate of drug-likeness (QED) is 0.239. The van der Waals surface area contributed by atoms with Gasteiger partial charge in [-0.15, -0.1) is 57.5 Å². The second-order valence-corrected chi connectivity index (χ2v) is 12.5. The maximum atomic E-state index is 4.32. The molecule has 3 aromatic heterocycles. The molecule has 0 unspecified atom stereocenters. The van der Waals surface area contributed by atoms with Crippen LogP contribution in [0.5, 0.6) is 0 Å². The van der Waals surface area contributed by atoms with Crippen LogP contribution < -0.4 is 0 Å². The first-order chi connectivity index (χ1) is 15.6. The van der Waals surface area contributed by atoms with Crippen molar-refractivity contribution in [2.45, 2.75) is 13.8 Å². The van der Waals surface area contributed by atoms with E-state index in [4.69, 9.17) is 0 Å². The molecule has 32 heavy (non-hydrogen) atoms. The average molecular weight is 531 g/mol. The van der Waals surface area contributed by atoms with Crippen molar-refractivity contribution in [1.29, 1.82) is 0 Å². The number of rotatable bonds is 10. The standard InChI is InChI=1S/C26H26S6/c1-6-20(27-4)21(7-2)30-18(3)22-14-13-19(31-22)10-8-11-23(28-5)25-15-16-26(32-25)24-12-9-17-29-24/h6-17H,3H2,1-2,4-5H3/b10-8+,20-6-,21-7-,23-11-. The van der Waals surface area contributed by atoms with Crippen LogP contribution in [0.4, 0.5) is 0 Å². The summed E-state index contributed by atoms with van der Waals surface area (Å²) in [6.07, 6.45) is 15.1. The van der Waals surface area contributed by atoms with Crippen LogP contribution in [0.25, 0.3) is 25.6 Å². The van der Waals surface area contributed by atoms with Crippen molar-refractivity contribution in [2.75, 3.05) is 12.5 Å². The zero-order valence-electron chi connectivity index (χ0n) is 18.6. The number of allylic oxidation sites excluding steroid dienone is 4. The molecule has 6 heteroatoms. The second-order valence-electron chi connectivity index (χ2n) is 6.47. The molecule has 0 nitrogen and oxygen atoms in total. The molecule has 3 heterocycles. The minimum atomic E-state index is 1.09. The van der Waals surface area contributed by atoms with E-state index >= 15 is 0 Å². The Kier molecular flexibility index (Phi) is 10.3. The Morgan fingerprint density at radius 2 is 1.66 bits per heavy atom. The van der Waals surface area contributed by atoms with E-state index in [1.54, 1.807) is 58.0 Å². The largest absolute Gasteiger partial charge is 0.143 e. The lowest BCUT2D eigenvalue weighted by Gasteiger charge is -2.09. The minimum Gasteiger partial charge on any atom is -0.143 e. The van der Waals surface area contributed by atoms with Gasteiger partial charge in [-0.2, -0.15) is 0 Å². The van der Waals surface area contributed by atoms with E-state index in [9.17, 15) is 0 Å². The first-order valence-corrected chi connectivity index (χ1v) is 15.8. The molecule has 0 saturated heterocycles. The molecule has 3 rings (SSSR count). The monoisotopic (exact) mass is 530 g/mol. The maximum Gasteiger partial charge on any atom is 0.0449 e. The maximum absolute atomic E-state index is 4.32. The van der Waals surface area contributed by atoms with E-state index in [1.165, 1.54) is 39.1 Å². The fourth-order valence-corrected chi connectivity index (χ4v) is 8.25. The zero-order valence-corrected chi connectivity index (χ0v) is 23.5. The van der Waals surface area contributed by atoms with E-state index in [-0.39, 0.29) is 0 Å². The Labute approximate surface area is 216 Å². The molecule has 0 amide bonds. The highest BCUT2D eigenvalue weighted by atomic mass is 32.2. The van der Waals surface area contributed by atoms with Crippen molar-refractivity contribution in [2.24, 2.45) is 0 Å². The molecular formula is C26H26S6. The van der Waals surface area contributed by atoms with Crippen LogP contribution in [0.1, 0.15) is 28.5 Å². The van der Waals surface area contributed by atoms with Crippen LogP contribution in [0.3, 0.4) is 0 Å². The lowest BCUT2D eigenvalue weighted by Crippen LogP contribution is -1.81. The van der Waals surface area contributed by atoms with E-state index < -0.39 is 0 Å². The second kappa shape index (κ2) is 12.9. The topological polar surface area (TPSA) is 0 Å². The van der Waals surface area contributed by atoms with Gasteiger partial charge in [-0.3, -0.25) is 0 Å². The molecular weight excluding hydrogens is 505 g/mol. The molecule has 0 aliphatic heterocycles. The van der Waals surface area contributed by atoms with Crippen molar-refractivity contribution >= 4 is 85.2 Å². The average Bonchev–Trinajstić information content (AvgIpc) is 3.58. The van der Waals surface area contributed by atoms with Crippen LogP contribution in [-0.2, 0) is 0 Å². The van der Waals surface area contributed by atoms with Gasteiger partial charge in [0.25, 0.3) is 0 Å². The lowest BCUT2D eigenvalue weighted by molar-refractivity contribution is 1.63. The van der Waals surface area contributed by atoms with Crippen molar-refractivity contribution in [1.82, 2.24) is 0 Å². The summed E-state index contributed by atoms with van der Waals surface area (Å²) in [5.41, 5.74) is 0. The SMILES string of the molecule is C=C(SC(=C\C)/C(=C/C)SC)c1ccc(/C=C/C=C(\SC)c2ccc(-c3cccs3)s2)s1. The Balaban J connectivity index is 1.68. The fraction of sp³-hybridized carbons (Fsp3) is 0.154. The summed E-state index contributed by atoms with van der Waals surface area (Å²) in [5.74, 6) is 0. The molecule has 3 aromatic rings. The van der Waals surface area contributed by atoms with Crippen molar-refractivity contribution in [3.8, 4) is 9.75 Å². The van der Waals surface area contributed by atoms with Gasteiger partial charge in [-0.1, -0.05) is 42.6 Å². The van der Waals surface area contributed by atoms with Gasteiger partial charge < -0.3 is 0 Å². The van der Waals surface area contributed by atoms with E-state index in [0.29, 0.717) is 0 Å². The number of thiophene rings is 3. The Morgan fingerprint density at radius 3 is 2.31 bits per heavy atom. The van der Waals surface area contributed by atoms with E-state index in [2.05, 4.69) is 105 Å². The van der Waals surface area contributed by atoms with Gasteiger partial charge in [-0.05, 0) is 74.2 Å². The molecule has 166 valence electrons. The summed E-state index contributed by atoms with van der Waals surface area (Å²) in [7, 11) is 0. The summed E-state index contributed by atoms with van der Waals surface area (Å²) in [6, 6.07) is 13.1. The Bertz CT molecular complexity index is 1150. The van der Waals surface area contributed by atoms with Crippen molar-refractivity contribution in [3.63, 3.8) is 0 Å². The third-order valence-corrected chi connectivity index (χ3v) is 11.0. The molecule has 0 spiro atoms. The van der Waals surface area contributed by atoms with Gasteiger partial charge in [0.1, 0.15) is 0 Å². The number of hydrogen-bond donors (Lipinski definition) is 0. The third kappa shape index (κ3) is 6.69. The Hall–Kier alpha value is -1.15. The van der Waals surface area contributed by atoms with Crippen LogP contribution in [-0.4, -0.2) is 12.5 Å². The summed E-state index contributed by atoms with van der Waals surface area (Å²) < 4.78 is 0. The van der Waals surface area contributed by atoms with Crippen LogP contribution >= 0.6 is 69.3 Å². The van der Waals surface area contributed by atoms with Crippen LogP contribution in [0.2, 0.25) is 0 Å². The van der Waals surface area contributed by atoms with Crippen molar-refractivity contribution in [3.05, 3.63) is 97.1 Å². The predicted octanol–water partition coefficient (Wildman–Crippen LogP) is 10.8. The molecule has 0 N–H and O–H groups in total. The van der Waals surface area contributed by atoms with E-state index in [1.807, 2.05) is 11.3 Å². The van der Waals surface area contributed by atoms with Crippen LogP contribution in [0.15, 0.2) is 82.5 Å². The van der Waals surface area contributed by atoms with Gasteiger partial charge in [0.2, 0.25) is 0 Å². The number of thioether (sulfide) groups is 3. The first kappa shape index (κ1) is 25.5. The highest BCUT2D eigenvalue weighted by Gasteiger charge is 2.10. The highest BCUT2D eigenvalue weighted by molar-refractivity contribution is 8.14. The summed E-state index contributed by atoms with van der Waals surface area (Å²) in [6.45, 7) is 8.49. The molecule has 0 fully saturated rings. The highest BCUT2D eigenvalue weighted by Crippen LogP contribution is 2.41. The molecule has 0 aliphatic carbocycles. The summed E-state index contributed by atoms with van der Waals surface area (Å²) in [4.78, 5) is 11.4. The fourth-order valence-electron chi connectivity index (χ4n) is 2.89. The molecule has 0 aliphatic rings. The van der Waals surface area contributed by atoms with Crippen LogP contribution in [0, 0.1) is 0 Å². The van der Waals surface area contributed by atoms with Gasteiger partial charge in [-0.25, -0.2) is 0 Å². The number of hydrogen-bond acceptors (Lipinski definition) is 6. The molecule has 0 saturated carbocycles. The predicted molar refractivity (Wildman–Crippen MR) is 160 cm³/mol. The van der Waals surface area contributed by atoms with Crippen molar-refractivity contribution < 1.29 is 0 Å². The van der Waals surface area contributed by atoms with Gasteiger partial charge in [0.15, 0.2) is 0 Å². The van der Waals surface area contributed by atoms with E-state index in [0.717, 1.165) is 4.91 Å². The first-order valence-electron chi connectivity index (χ1n) is 10.00. The zero-order chi connectivity index (χ0) is 22.9. The molecule has 0 bridgehead atoms.